The zero-order chi connectivity index (χ0) is 24.1. The third-order valence-corrected chi connectivity index (χ3v) is 7.05. The number of thioether (sulfide) groups is 1. The highest BCUT2D eigenvalue weighted by Crippen LogP contribution is 2.28. The molecule has 6 nitrogen and oxygen atoms in total. The van der Waals surface area contributed by atoms with Gasteiger partial charge < -0.3 is 9.64 Å². The van der Waals surface area contributed by atoms with E-state index in [4.69, 9.17) is 16.3 Å². The van der Waals surface area contributed by atoms with Crippen LogP contribution in [-0.2, 0) is 22.6 Å². The van der Waals surface area contributed by atoms with Gasteiger partial charge in [-0.1, -0.05) is 53.7 Å². The molecule has 1 amide bonds. The number of hydrogen-bond donors (Lipinski definition) is 0. The second kappa shape index (κ2) is 10.9. The monoisotopic (exact) mass is 498 g/mol. The van der Waals surface area contributed by atoms with Crippen LogP contribution in [0.3, 0.4) is 0 Å². The van der Waals surface area contributed by atoms with Gasteiger partial charge in [0, 0.05) is 29.3 Å². The summed E-state index contributed by atoms with van der Waals surface area (Å²) in [5.74, 6) is 1.12. The Morgan fingerprint density at radius 3 is 2.53 bits per heavy atom. The molecule has 34 heavy (non-hydrogen) atoms. The average Bonchev–Trinajstić information content (AvgIpc) is 3.47. The lowest BCUT2D eigenvalue weighted by Gasteiger charge is -2.36. The van der Waals surface area contributed by atoms with Crippen LogP contribution in [-0.4, -0.2) is 49.6 Å². The topological polar surface area (TPSA) is 60.2 Å². The van der Waals surface area contributed by atoms with E-state index in [2.05, 4.69) is 47.7 Å². The van der Waals surface area contributed by atoms with Crippen LogP contribution in [0.4, 0.5) is 0 Å². The summed E-state index contributed by atoms with van der Waals surface area (Å²) in [7, 11) is 0. The quantitative estimate of drug-likeness (QED) is 0.373. The highest BCUT2D eigenvalue weighted by Gasteiger charge is 2.28. The first kappa shape index (κ1) is 24.8. The summed E-state index contributed by atoms with van der Waals surface area (Å²) in [6, 6.07) is 17.7. The van der Waals surface area contributed by atoms with Gasteiger partial charge >= 0.3 is 0 Å². The molecule has 1 fully saturated rings. The Morgan fingerprint density at radius 1 is 1.15 bits per heavy atom. The van der Waals surface area contributed by atoms with Crippen molar-refractivity contribution in [2.75, 3.05) is 12.4 Å². The van der Waals surface area contributed by atoms with Crippen LogP contribution in [0.15, 0.2) is 59.8 Å². The summed E-state index contributed by atoms with van der Waals surface area (Å²) in [6.45, 7) is 8.21. The van der Waals surface area contributed by atoms with Crippen molar-refractivity contribution in [1.82, 2.24) is 19.7 Å². The van der Waals surface area contributed by atoms with Crippen molar-refractivity contribution < 1.29 is 9.53 Å². The number of hydrogen-bond acceptors (Lipinski definition) is 5. The maximum atomic E-state index is 13.3. The van der Waals surface area contributed by atoms with Crippen molar-refractivity contribution >= 4 is 29.3 Å². The maximum Gasteiger partial charge on any atom is 0.233 e. The van der Waals surface area contributed by atoms with E-state index in [0.29, 0.717) is 18.1 Å². The van der Waals surface area contributed by atoms with E-state index < -0.39 is 0 Å². The Balaban J connectivity index is 1.53. The largest absolute Gasteiger partial charge is 0.376 e. The number of rotatable bonds is 8. The first-order valence-corrected chi connectivity index (χ1v) is 13.0. The molecule has 0 radical (unpaired) electrons. The van der Waals surface area contributed by atoms with Gasteiger partial charge in [-0.25, -0.2) is 0 Å². The Hall–Kier alpha value is -2.35. The molecule has 180 valence electrons. The number of carbonyl (C=O) groups is 1. The molecule has 3 aromatic rings. The minimum absolute atomic E-state index is 0.0704. The third kappa shape index (κ3) is 6.20. The SMILES string of the molecule is CC(C)(C)N(Cc1ccccc1)C(=O)CSc1nnc(-c2ccc(Cl)cc2)n1C[C@@H]1CCCO1. The van der Waals surface area contributed by atoms with E-state index in [1.807, 2.05) is 47.4 Å². The van der Waals surface area contributed by atoms with Crippen LogP contribution in [0.2, 0.25) is 5.02 Å². The Labute approximate surface area is 210 Å². The number of halogens is 1. The molecule has 0 spiro atoms. The summed E-state index contributed by atoms with van der Waals surface area (Å²) in [5, 5.41) is 10.3. The minimum Gasteiger partial charge on any atom is -0.376 e. The van der Waals surface area contributed by atoms with Crippen LogP contribution in [0.5, 0.6) is 0 Å². The molecule has 4 rings (SSSR count). The molecule has 0 N–H and O–H groups in total. The Bertz CT molecular complexity index is 1090. The molecule has 0 aliphatic carbocycles. The van der Waals surface area contributed by atoms with Crippen molar-refractivity contribution in [1.29, 1.82) is 0 Å². The van der Waals surface area contributed by atoms with Crippen LogP contribution in [0, 0.1) is 0 Å². The van der Waals surface area contributed by atoms with E-state index in [-0.39, 0.29) is 23.3 Å². The van der Waals surface area contributed by atoms with Gasteiger partial charge in [0.1, 0.15) is 0 Å². The zero-order valence-corrected chi connectivity index (χ0v) is 21.5. The molecular weight excluding hydrogens is 468 g/mol. The van der Waals surface area contributed by atoms with Gasteiger partial charge in [0.2, 0.25) is 5.91 Å². The molecule has 1 saturated heterocycles. The molecule has 0 saturated carbocycles. The number of ether oxygens (including phenoxy) is 1. The van der Waals surface area contributed by atoms with E-state index in [0.717, 1.165) is 41.6 Å². The van der Waals surface area contributed by atoms with Crippen LogP contribution in [0.25, 0.3) is 11.4 Å². The Morgan fingerprint density at radius 2 is 1.88 bits per heavy atom. The first-order chi connectivity index (χ1) is 16.3. The zero-order valence-electron chi connectivity index (χ0n) is 19.9. The van der Waals surface area contributed by atoms with Gasteiger partial charge in [0.15, 0.2) is 11.0 Å². The fourth-order valence-corrected chi connectivity index (χ4v) is 4.98. The molecule has 1 aliphatic heterocycles. The van der Waals surface area contributed by atoms with E-state index >= 15 is 0 Å². The molecule has 2 heterocycles. The van der Waals surface area contributed by atoms with Crippen LogP contribution < -0.4 is 0 Å². The van der Waals surface area contributed by atoms with Gasteiger partial charge in [-0.3, -0.25) is 9.36 Å². The van der Waals surface area contributed by atoms with Crippen molar-refractivity contribution in [3.63, 3.8) is 0 Å². The molecule has 0 bridgehead atoms. The van der Waals surface area contributed by atoms with Crippen LogP contribution >= 0.6 is 23.4 Å². The predicted molar refractivity (Wildman–Crippen MR) is 137 cm³/mol. The lowest BCUT2D eigenvalue weighted by Crippen LogP contribution is -2.46. The summed E-state index contributed by atoms with van der Waals surface area (Å²) in [5.41, 5.74) is 1.75. The molecule has 8 heteroatoms. The number of amides is 1. The van der Waals surface area contributed by atoms with Gasteiger partial charge in [-0.05, 0) is 63.4 Å². The van der Waals surface area contributed by atoms with Crippen molar-refractivity contribution in [2.45, 2.75) is 63.5 Å². The Kier molecular flexibility index (Phi) is 7.96. The lowest BCUT2D eigenvalue weighted by molar-refractivity contribution is -0.133. The van der Waals surface area contributed by atoms with Crippen LogP contribution in [0.1, 0.15) is 39.2 Å². The second-order valence-electron chi connectivity index (χ2n) is 9.48. The summed E-state index contributed by atoms with van der Waals surface area (Å²) >= 11 is 7.51. The smallest absolute Gasteiger partial charge is 0.233 e. The number of benzene rings is 2. The van der Waals surface area contributed by atoms with Gasteiger partial charge in [-0.2, -0.15) is 0 Å². The van der Waals surface area contributed by atoms with Gasteiger partial charge in [0.05, 0.1) is 18.4 Å². The number of nitrogens with zero attached hydrogens (tertiary/aromatic N) is 4. The van der Waals surface area contributed by atoms with Gasteiger partial charge in [0.25, 0.3) is 0 Å². The lowest BCUT2D eigenvalue weighted by atomic mass is 10.0. The number of carbonyl (C=O) groups excluding carboxylic acids is 1. The molecule has 2 aromatic carbocycles. The fourth-order valence-electron chi connectivity index (χ4n) is 4.03. The summed E-state index contributed by atoms with van der Waals surface area (Å²) in [6.07, 6.45) is 2.20. The standard InChI is InChI=1S/C26H31ClN4O2S/c1-26(2,3)31(16-19-8-5-4-6-9-19)23(32)18-34-25-29-28-24(20-11-13-21(27)14-12-20)30(25)17-22-10-7-15-33-22/h4-6,8-9,11-14,22H,7,10,15-18H2,1-3H3/t22-/m0/s1. The molecular formula is C26H31ClN4O2S. The fraction of sp³-hybridized carbons (Fsp3) is 0.423. The first-order valence-electron chi connectivity index (χ1n) is 11.6. The predicted octanol–water partition coefficient (Wildman–Crippen LogP) is 5.70. The van der Waals surface area contributed by atoms with Gasteiger partial charge in [-0.15, -0.1) is 10.2 Å². The molecule has 1 atom stereocenters. The highest BCUT2D eigenvalue weighted by atomic mass is 35.5. The normalized spacial score (nSPS) is 16.1. The number of aromatic nitrogens is 3. The minimum atomic E-state index is -0.298. The molecule has 1 aromatic heterocycles. The highest BCUT2D eigenvalue weighted by molar-refractivity contribution is 7.99. The maximum absolute atomic E-state index is 13.3. The van der Waals surface area contributed by atoms with Crippen molar-refractivity contribution in [3.8, 4) is 11.4 Å². The second-order valence-corrected chi connectivity index (χ2v) is 10.9. The van der Waals surface area contributed by atoms with E-state index in [9.17, 15) is 4.79 Å². The molecule has 0 unspecified atom stereocenters. The van der Waals surface area contributed by atoms with E-state index in [1.165, 1.54) is 11.8 Å². The van der Waals surface area contributed by atoms with E-state index in [1.54, 1.807) is 0 Å². The summed E-state index contributed by atoms with van der Waals surface area (Å²) < 4.78 is 7.96. The average molecular weight is 499 g/mol. The van der Waals surface area contributed by atoms with Crippen molar-refractivity contribution in [2.24, 2.45) is 0 Å². The third-order valence-electron chi connectivity index (χ3n) is 5.85. The summed E-state index contributed by atoms with van der Waals surface area (Å²) in [4.78, 5) is 15.3. The molecule has 1 aliphatic rings. The van der Waals surface area contributed by atoms with Crippen molar-refractivity contribution in [3.05, 3.63) is 65.2 Å².